The Bertz CT molecular complexity index is 979. The largest absolute Gasteiger partial charge is 0.478 e. The first-order chi connectivity index (χ1) is 12.9. The molecule has 0 saturated carbocycles. The number of fused-ring (bicyclic) bond motifs is 1. The Morgan fingerprint density at radius 2 is 1.79 bits per heavy atom. The standard InChI is InChI=1S/C22H24BrNO4/c1-12-8-16-15(21(2,3)11-28-22(16,4)5)10-18(12)24-19(25)13-6-7-14(20(26)27)17(23)9-13/h6-10H,11H2,1-5H3,(H,24,25)(H,26,27). The van der Waals surface area contributed by atoms with Crippen LogP contribution in [-0.4, -0.2) is 23.6 Å². The molecule has 3 rings (SSSR count). The fourth-order valence-corrected chi connectivity index (χ4v) is 3.99. The van der Waals surface area contributed by atoms with Gasteiger partial charge in [0.25, 0.3) is 5.91 Å². The van der Waals surface area contributed by atoms with Crippen molar-refractivity contribution in [3.05, 3.63) is 62.6 Å². The molecule has 5 nitrogen and oxygen atoms in total. The number of rotatable bonds is 3. The number of anilines is 1. The topological polar surface area (TPSA) is 75.6 Å². The molecule has 2 aromatic carbocycles. The molecule has 0 radical (unpaired) electrons. The number of ether oxygens (including phenoxy) is 1. The number of carbonyl (C=O) groups excluding carboxylic acids is 1. The fourth-order valence-electron chi connectivity index (χ4n) is 3.44. The minimum atomic E-state index is -1.04. The number of carboxylic acid groups (broad SMARTS) is 1. The van der Waals surface area contributed by atoms with Gasteiger partial charge in [0.1, 0.15) is 0 Å². The van der Waals surface area contributed by atoms with Crippen molar-refractivity contribution in [2.24, 2.45) is 0 Å². The van der Waals surface area contributed by atoms with Crippen molar-refractivity contribution in [2.75, 3.05) is 11.9 Å². The summed E-state index contributed by atoms with van der Waals surface area (Å²) in [6.45, 7) is 10.9. The molecule has 148 valence electrons. The lowest BCUT2D eigenvalue weighted by Gasteiger charge is -2.42. The minimum Gasteiger partial charge on any atom is -0.478 e. The molecule has 0 atom stereocenters. The smallest absolute Gasteiger partial charge is 0.336 e. The second kappa shape index (κ2) is 7.01. The van der Waals surface area contributed by atoms with E-state index in [0.717, 1.165) is 22.4 Å². The van der Waals surface area contributed by atoms with Gasteiger partial charge in [-0.1, -0.05) is 19.9 Å². The van der Waals surface area contributed by atoms with E-state index >= 15 is 0 Å². The van der Waals surface area contributed by atoms with E-state index in [0.29, 0.717) is 16.6 Å². The Balaban J connectivity index is 1.96. The Labute approximate surface area is 173 Å². The highest BCUT2D eigenvalue weighted by Crippen LogP contribution is 2.43. The summed E-state index contributed by atoms with van der Waals surface area (Å²) >= 11 is 3.22. The van der Waals surface area contributed by atoms with Crippen LogP contribution in [0.1, 0.15) is 65.1 Å². The maximum Gasteiger partial charge on any atom is 0.336 e. The molecule has 0 bridgehead atoms. The molecule has 1 heterocycles. The quantitative estimate of drug-likeness (QED) is 0.675. The molecule has 1 aliphatic heterocycles. The molecule has 2 N–H and O–H groups in total. The summed E-state index contributed by atoms with van der Waals surface area (Å²) in [6.07, 6.45) is 0. The van der Waals surface area contributed by atoms with Gasteiger partial charge in [0, 0.05) is 21.1 Å². The van der Waals surface area contributed by atoms with E-state index in [9.17, 15) is 9.59 Å². The van der Waals surface area contributed by atoms with Crippen LogP contribution in [0, 0.1) is 6.92 Å². The molecule has 6 heteroatoms. The summed E-state index contributed by atoms with van der Waals surface area (Å²) in [4.78, 5) is 23.9. The van der Waals surface area contributed by atoms with Crippen molar-refractivity contribution >= 4 is 33.5 Å². The van der Waals surface area contributed by atoms with Crippen LogP contribution in [0.15, 0.2) is 34.8 Å². The van der Waals surface area contributed by atoms with Crippen LogP contribution < -0.4 is 5.32 Å². The fraction of sp³-hybridized carbons (Fsp3) is 0.364. The van der Waals surface area contributed by atoms with E-state index in [4.69, 9.17) is 9.84 Å². The monoisotopic (exact) mass is 445 g/mol. The second-order valence-corrected chi connectivity index (χ2v) is 9.20. The number of halogens is 1. The normalized spacial score (nSPS) is 16.9. The van der Waals surface area contributed by atoms with Crippen LogP contribution in [0.4, 0.5) is 5.69 Å². The molecule has 1 amide bonds. The van der Waals surface area contributed by atoms with Gasteiger partial charge < -0.3 is 15.2 Å². The average molecular weight is 446 g/mol. The summed E-state index contributed by atoms with van der Waals surface area (Å²) in [5.41, 5.74) is 3.94. The van der Waals surface area contributed by atoms with Crippen molar-refractivity contribution < 1.29 is 19.4 Å². The highest BCUT2D eigenvalue weighted by atomic mass is 79.9. The van der Waals surface area contributed by atoms with Gasteiger partial charge in [-0.3, -0.25) is 4.79 Å². The highest BCUT2D eigenvalue weighted by molar-refractivity contribution is 9.10. The third kappa shape index (κ3) is 3.71. The van der Waals surface area contributed by atoms with E-state index in [2.05, 4.69) is 55.0 Å². The molecule has 28 heavy (non-hydrogen) atoms. The molecular formula is C22H24BrNO4. The molecule has 1 aliphatic rings. The molecule has 0 aliphatic carbocycles. The van der Waals surface area contributed by atoms with E-state index in [1.807, 2.05) is 13.0 Å². The summed E-state index contributed by atoms with van der Waals surface area (Å²) in [5.74, 6) is -1.33. The van der Waals surface area contributed by atoms with Crippen LogP contribution in [-0.2, 0) is 15.8 Å². The van der Waals surface area contributed by atoms with E-state index in [1.165, 1.54) is 18.2 Å². The summed E-state index contributed by atoms with van der Waals surface area (Å²) in [5, 5.41) is 12.1. The number of nitrogens with one attached hydrogen (secondary N) is 1. The Morgan fingerprint density at radius 3 is 2.39 bits per heavy atom. The zero-order valence-corrected chi connectivity index (χ0v) is 18.2. The van der Waals surface area contributed by atoms with Crippen LogP contribution >= 0.6 is 15.9 Å². The van der Waals surface area contributed by atoms with Gasteiger partial charge >= 0.3 is 5.97 Å². The number of hydrogen-bond donors (Lipinski definition) is 2. The van der Waals surface area contributed by atoms with Gasteiger partial charge in [0.15, 0.2) is 0 Å². The summed E-state index contributed by atoms with van der Waals surface area (Å²) in [6, 6.07) is 8.57. The van der Waals surface area contributed by atoms with Crippen molar-refractivity contribution in [3.63, 3.8) is 0 Å². The first-order valence-corrected chi connectivity index (χ1v) is 9.85. The van der Waals surface area contributed by atoms with Crippen LogP contribution in [0.25, 0.3) is 0 Å². The number of benzene rings is 2. The number of carbonyl (C=O) groups is 2. The predicted molar refractivity (Wildman–Crippen MR) is 112 cm³/mol. The first kappa shape index (κ1) is 20.6. The Kier molecular flexibility index (Phi) is 5.15. The van der Waals surface area contributed by atoms with Gasteiger partial charge in [-0.2, -0.15) is 0 Å². The van der Waals surface area contributed by atoms with Crippen LogP contribution in [0.3, 0.4) is 0 Å². The lowest BCUT2D eigenvalue weighted by atomic mass is 9.75. The van der Waals surface area contributed by atoms with Crippen molar-refractivity contribution in [3.8, 4) is 0 Å². The van der Waals surface area contributed by atoms with E-state index < -0.39 is 5.97 Å². The number of aryl methyl sites for hydroxylation is 1. The third-order valence-electron chi connectivity index (χ3n) is 5.25. The lowest BCUT2D eigenvalue weighted by Crippen LogP contribution is -2.40. The molecular weight excluding hydrogens is 422 g/mol. The molecule has 0 fully saturated rings. The number of amides is 1. The third-order valence-corrected chi connectivity index (χ3v) is 5.90. The van der Waals surface area contributed by atoms with Crippen LogP contribution in [0.2, 0.25) is 0 Å². The molecule has 2 aromatic rings. The van der Waals surface area contributed by atoms with Crippen molar-refractivity contribution in [1.29, 1.82) is 0 Å². The van der Waals surface area contributed by atoms with Gasteiger partial charge in [-0.15, -0.1) is 0 Å². The predicted octanol–water partition coefficient (Wildman–Crippen LogP) is 5.25. The summed E-state index contributed by atoms with van der Waals surface area (Å²) in [7, 11) is 0. The minimum absolute atomic E-state index is 0.116. The Hall–Kier alpha value is -2.18. The van der Waals surface area contributed by atoms with E-state index in [-0.39, 0.29) is 22.5 Å². The number of hydrogen-bond acceptors (Lipinski definition) is 3. The van der Waals surface area contributed by atoms with E-state index in [1.54, 1.807) is 0 Å². The van der Waals surface area contributed by atoms with Gasteiger partial charge in [0.05, 0.1) is 17.8 Å². The average Bonchev–Trinajstić information content (AvgIpc) is 2.60. The van der Waals surface area contributed by atoms with Crippen molar-refractivity contribution in [1.82, 2.24) is 0 Å². The lowest BCUT2D eigenvalue weighted by molar-refractivity contribution is -0.0587. The zero-order chi connectivity index (χ0) is 20.9. The van der Waals surface area contributed by atoms with Gasteiger partial charge in [-0.25, -0.2) is 4.79 Å². The first-order valence-electron chi connectivity index (χ1n) is 9.06. The summed E-state index contributed by atoms with van der Waals surface area (Å²) < 4.78 is 6.43. The molecule has 0 spiro atoms. The molecule has 0 unspecified atom stereocenters. The van der Waals surface area contributed by atoms with Gasteiger partial charge in [0.2, 0.25) is 0 Å². The van der Waals surface area contributed by atoms with Crippen LogP contribution in [0.5, 0.6) is 0 Å². The van der Waals surface area contributed by atoms with Gasteiger partial charge in [-0.05, 0) is 77.7 Å². The molecule has 0 saturated heterocycles. The number of aromatic carboxylic acids is 1. The number of carboxylic acids is 1. The highest BCUT2D eigenvalue weighted by Gasteiger charge is 2.38. The maximum atomic E-state index is 12.8. The SMILES string of the molecule is Cc1cc2c(cc1NC(=O)c1ccc(C(=O)O)c(Br)c1)C(C)(C)COC2(C)C. The molecule has 0 aromatic heterocycles. The Morgan fingerprint density at radius 1 is 1.11 bits per heavy atom. The zero-order valence-electron chi connectivity index (χ0n) is 16.6. The second-order valence-electron chi connectivity index (χ2n) is 8.35. The van der Waals surface area contributed by atoms with Crippen molar-refractivity contribution in [2.45, 2.75) is 45.6 Å². The maximum absolute atomic E-state index is 12.8.